The van der Waals surface area contributed by atoms with Gasteiger partial charge in [-0.2, -0.15) is 0 Å². The zero-order valence-corrected chi connectivity index (χ0v) is 9.59. The first-order valence-electron chi connectivity index (χ1n) is 5.37. The second-order valence-corrected chi connectivity index (χ2v) is 3.37. The molecule has 0 fully saturated rings. The molecule has 0 spiro atoms. The highest BCUT2D eigenvalue weighted by Crippen LogP contribution is 2.21. The van der Waals surface area contributed by atoms with Crippen LogP contribution < -0.4 is 0 Å². The van der Waals surface area contributed by atoms with E-state index in [-0.39, 0.29) is 0 Å². The van der Waals surface area contributed by atoms with Gasteiger partial charge in [0.25, 0.3) is 0 Å². The number of carboxylic acid groups (broad SMARTS) is 1. The van der Waals surface area contributed by atoms with Gasteiger partial charge in [0.05, 0.1) is 0 Å². The summed E-state index contributed by atoms with van der Waals surface area (Å²) in [5.41, 5.74) is 0.855. The lowest BCUT2D eigenvalue weighted by molar-refractivity contribution is -0.0336. The fourth-order valence-electron chi connectivity index (χ4n) is 1.62. The minimum atomic E-state index is -1.25. The molecular formula is C12H17NO3. The lowest BCUT2D eigenvalue weighted by Gasteiger charge is -2.28. The minimum Gasteiger partial charge on any atom is -0.450 e. The third-order valence-corrected chi connectivity index (χ3v) is 2.44. The van der Waals surface area contributed by atoms with Crippen LogP contribution in [0.1, 0.15) is 25.6 Å². The monoisotopic (exact) mass is 223 g/mol. The fourth-order valence-corrected chi connectivity index (χ4v) is 1.62. The van der Waals surface area contributed by atoms with Gasteiger partial charge in [0.1, 0.15) is 0 Å². The van der Waals surface area contributed by atoms with E-state index >= 15 is 0 Å². The van der Waals surface area contributed by atoms with Gasteiger partial charge in [0, 0.05) is 5.56 Å². The molecule has 88 valence electrons. The number of carbonyl (C=O) groups is 1. The zero-order valence-electron chi connectivity index (χ0n) is 9.59. The molecule has 0 saturated heterocycles. The SMILES string of the molecule is CCN(CC)C(OC(=O)O)c1ccccc1. The van der Waals surface area contributed by atoms with E-state index in [0.29, 0.717) is 0 Å². The van der Waals surface area contributed by atoms with Crippen LogP contribution in [0.5, 0.6) is 0 Å². The van der Waals surface area contributed by atoms with E-state index in [4.69, 9.17) is 9.84 Å². The Morgan fingerprint density at radius 3 is 2.31 bits per heavy atom. The third-order valence-electron chi connectivity index (χ3n) is 2.44. The highest BCUT2D eigenvalue weighted by Gasteiger charge is 2.21. The van der Waals surface area contributed by atoms with Crippen molar-refractivity contribution in [3.05, 3.63) is 35.9 Å². The van der Waals surface area contributed by atoms with Gasteiger partial charge in [-0.05, 0) is 13.1 Å². The average molecular weight is 223 g/mol. The highest BCUT2D eigenvalue weighted by molar-refractivity contribution is 5.57. The van der Waals surface area contributed by atoms with Crippen LogP contribution in [-0.2, 0) is 4.74 Å². The standard InChI is InChI=1S/C12H17NO3/c1-3-13(4-2)11(16-12(14)15)10-8-6-5-7-9-10/h5-9,11H,3-4H2,1-2H3,(H,14,15). The van der Waals surface area contributed by atoms with E-state index in [2.05, 4.69) is 0 Å². The maximum atomic E-state index is 10.7. The molecule has 0 saturated carbocycles. The predicted octanol–water partition coefficient (Wildman–Crippen LogP) is 2.72. The molecule has 1 unspecified atom stereocenters. The fraction of sp³-hybridized carbons (Fsp3) is 0.417. The molecule has 1 N–H and O–H groups in total. The molecule has 0 aliphatic rings. The van der Waals surface area contributed by atoms with Crippen LogP contribution in [0.2, 0.25) is 0 Å². The summed E-state index contributed by atoms with van der Waals surface area (Å²) >= 11 is 0. The largest absolute Gasteiger partial charge is 0.507 e. The Bertz CT molecular complexity index is 322. The Labute approximate surface area is 95.5 Å². The Balaban J connectivity index is 2.90. The van der Waals surface area contributed by atoms with Crippen LogP contribution in [0.25, 0.3) is 0 Å². The Hall–Kier alpha value is -1.55. The number of hydrogen-bond acceptors (Lipinski definition) is 3. The van der Waals surface area contributed by atoms with Gasteiger partial charge >= 0.3 is 6.16 Å². The van der Waals surface area contributed by atoms with Crippen molar-refractivity contribution in [2.24, 2.45) is 0 Å². The summed E-state index contributed by atoms with van der Waals surface area (Å²) in [4.78, 5) is 12.6. The van der Waals surface area contributed by atoms with E-state index in [0.717, 1.165) is 18.7 Å². The first-order valence-corrected chi connectivity index (χ1v) is 5.37. The quantitative estimate of drug-likeness (QED) is 0.616. The van der Waals surface area contributed by atoms with Gasteiger partial charge < -0.3 is 9.84 Å². The topological polar surface area (TPSA) is 49.8 Å². The normalized spacial score (nSPS) is 12.4. The summed E-state index contributed by atoms with van der Waals surface area (Å²) < 4.78 is 4.92. The molecule has 4 nitrogen and oxygen atoms in total. The molecule has 0 aliphatic carbocycles. The molecule has 0 aromatic heterocycles. The number of rotatable bonds is 5. The maximum absolute atomic E-state index is 10.7. The first kappa shape index (κ1) is 12.5. The van der Waals surface area contributed by atoms with E-state index in [9.17, 15) is 4.79 Å². The van der Waals surface area contributed by atoms with Crippen molar-refractivity contribution in [2.75, 3.05) is 13.1 Å². The number of hydrogen-bond donors (Lipinski definition) is 1. The van der Waals surface area contributed by atoms with Gasteiger partial charge in [-0.15, -0.1) is 0 Å². The van der Waals surface area contributed by atoms with Crippen molar-refractivity contribution in [3.63, 3.8) is 0 Å². The molecule has 0 radical (unpaired) electrons. The van der Waals surface area contributed by atoms with Crippen LogP contribution in [-0.4, -0.2) is 29.3 Å². The van der Waals surface area contributed by atoms with E-state index in [1.165, 1.54) is 0 Å². The molecule has 0 heterocycles. The number of ether oxygens (including phenoxy) is 1. The molecule has 0 bridgehead atoms. The molecule has 1 rings (SSSR count). The van der Waals surface area contributed by atoms with Crippen molar-refractivity contribution in [1.29, 1.82) is 0 Å². The van der Waals surface area contributed by atoms with Crippen molar-refractivity contribution in [2.45, 2.75) is 20.1 Å². The Morgan fingerprint density at radius 2 is 1.88 bits per heavy atom. The second kappa shape index (κ2) is 6.12. The first-order chi connectivity index (χ1) is 7.69. The molecule has 0 amide bonds. The summed E-state index contributed by atoms with van der Waals surface area (Å²) in [5, 5.41) is 8.74. The van der Waals surface area contributed by atoms with Gasteiger partial charge in [0.2, 0.25) is 0 Å². The van der Waals surface area contributed by atoms with Crippen molar-refractivity contribution >= 4 is 6.16 Å². The van der Waals surface area contributed by atoms with Gasteiger partial charge in [0.15, 0.2) is 6.23 Å². The van der Waals surface area contributed by atoms with Gasteiger partial charge in [-0.1, -0.05) is 44.2 Å². The lowest BCUT2D eigenvalue weighted by atomic mass is 10.2. The molecule has 1 aromatic carbocycles. The third kappa shape index (κ3) is 3.24. The second-order valence-electron chi connectivity index (χ2n) is 3.37. The molecule has 4 heteroatoms. The summed E-state index contributed by atoms with van der Waals surface area (Å²) in [6.45, 7) is 5.43. The van der Waals surface area contributed by atoms with Crippen LogP contribution >= 0.6 is 0 Å². The van der Waals surface area contributed by atoms with Crippen LogP contribution in [0.15, 0.2) is 30.3 Å². The molecule has 1 atom stereocenters. The Kier molecular flexibility index (Phi) is 4.79. The molecule has 1 aromatic rings. The maximum Gasteiger partial charge on any atom is 0.507 e. The lowest BCUT2D eigenvalue weighted by Crippen LogP contribution is -2.31. The van der Waals surface area contributed by atoms with Crippen molar-refractivity contribution < 1.29 is 14.6 Å². The van der Waals surface area contributed by atoms with Crippen molar-refractivity contribution in [3.8, 4) is 0 Å². The Morgan fingerprint density at radius 1 is 1.31 bits per heavy atom. The van der Waals surface area contributed by atoms with Crippen molar-refractivity contribution in [1.82, 2.24) is 4.90 Å². The smallest absolute Gasteiger partial charge is 0.450 e. The van der Waals surface area contributed by atoms with E-state index in [1.54, 1.807) is 0 Å². The van der Waals surface area contributed by atoms with Crippen LogP contribution in [0.4, 0.5) is 4.79 Å². The van der Waals surface area contributed by atoms with Crippen LogP contribution in [0.3, 0.4) is 0 Å². The summed E-state index contributed by atoms with van der Waals surface area (Å²) in [6, 6.07) is 9.37. The molecule has 0 aliphatic heterocycles. The highest BCUT2D eigenvalue weighted by atomic mass is 16.7. The van der Waals surface area contributed by atoms with E-state index in [1.807, 2.05) is 49.1 Å². The predicted molar refractivity (Wildman–Crippen MR) is 61.2 cm³/mol. The van der Waals surface area contributed by atoms with Gasteiger partial charge in [-0.25, -0.2) is 4.79 Å². The van der Waals surface area contributed by atoms with Gasteiger partial charge in [-0.3, -0.25) is 4.90 Å². The number of nitrogens with zero attached hydrogens (tertiary/aromatic N) is 1. The minimum absolute atomic E-state index is 0.520. The summed E-state index contributed by atoms with van der Waals surface area (Å²) in [5.74, 6) is 0. The van der Waals surface area contributed by atoms with E-state index < -0.39 is 12.4 Å². The molecule has 16 heavy (non-hydrogen) atoms. The number of benzene rings is 1. The van der Waals surface area contributed by atoms with Crippen LogP contribution in [0, 0.1) is 0 Å². The summed E-state index contributed by atoms with van der Waals surface area (Å²) in [7, 11) is 0. The summed E-state index contributed by atoms with van der Waals surface area (Å²) in [6.07, 6.45) is -1.77. The average Bonchev–Trinajstić information content (AvgIpc) is 2.30. The zero-order chi connectivity index (χ0) is 12.0. The molecular weight excluding hydrogens is 206 g/mol.